The minimum atomic E-state index is -3.92. The maximum atomic E-state index is 11.5. The maximum absolute atomic E-state index is 11.5. The van der Waals surface area contributed by atoms with Crippen molar-refractivity contribution in [3.8, 4) is 11.4 Å². The van der Waals surface area contributed by atoms with Crippen molar-refractivity contribution in [2.75, 3.05) is 0 Å². The predicted molar refractivity (Wildman–Crippen MR) is 74.3 cm³/mol. The molecule has 0 aliphatic rings. The molecule has 2 aromatic heterocycles. The fourth-order valence-corrected chi connectivity index (χ4v) is 2.93. The van der Waals surface area contributed by atoms with Gasteiger partial charge in [0.25, 0.3) is 14.2 Å². The Labute approximate surface area is 123 Å². The third-order valence-corrected chi connectivity index (χ3v) is 3.93. The maximum Gasteiger partial charge on any atom is 0.296 e. The lowest BCUT2D eigenvalue weighted by Gasteiger charge is -2.07. The van der Waals surface area contributed by atoms with E-state index < -0.39 is 9.05 Å². The number of hydrogen-bond donors (Lipinski definition) is 0. The standard InChI is InChI=1S/C10H10BrClN4O2S/c1-2-3-16-9(7-4-8(11)6-13-5-7)14-15-10(16)19(12,17)18/h4-6H,2-3H2,1H3. The molecule has 9 heteroatoms. The summed E-state index contributed by atoms with van der Waals surface area (Å²) in [5.41, 5.74) is 0.668. The molecule has 6 nitrogen and oxygen atoms in total. The van der Waals surface area contributed by atoms with Gasteiger partial charge in [-0.1, -0.05) is 6.92 Å². The van der Waals surface area contributed by atoms with E-state index >= 15 is 0 Å². The van der Waals surface area contributed by atoms with Gasteiger partial charge in [-0.05, 0) is 28.4 Å². The molecule has 0 amide bonds. The molecule has 0 unspecified atom stereocenters. The Morgan fingerprint density at radius 3 is 2.68 bits per heavy atom. The number of rotatable bonds is 4. The fraction of sp³-hybridized carbons (Fsp3) is 0.300. The van der Waals surface area contributed by atoms with Gasteiger partial charge >= 0.3 is 0 Å². The third-order valence-electron chi connectivity index (χ3n) is 2.35. The van der Waals surface area contributed by atoms with Crippen LogP contribution in [-0.4, -0.2) is 28.2 Å². The summed E-state index contributed by atoms with van der Waals surface area (Å²) in [5.74, 6) is 0.426. The van der Waals surface area contributed by atoms with E-state index in [0.717, 1.165) is 10.9 Å². The second-order valence-electron chi connectivity index (χ2n) is 3.79. The normalized spacial score (nSPS) is 11.7. The van der Waals surface area contributed by atoms with Gasteiger partial charge in [0.2, 0.25) is 0 Å². The summed E-state index contributed by atoms with van der Waals surface area (Å²) in [7, 11) is 1.43. The summed E-state index contributed by atoms with van der Waals surface area (Å²) in [6, 6.07) is 1.79. The molecule has 2 rings (SSSR count). The molecule has 2 aromatic rings. The summed E-state index contributed by atoms with van der Waals surface area (Å²) in [6.45, 7) is 2.38. The molecule has 0 atom stereocenters. The Morgan fingerprint density at radius 1 is 1.37 bits per heavy atom. The van der Waals surface area contributed by atoms with Crippen molar-refractivity contribution in [3.05, 3.63) is 22.9 Å². The smallest absolute Gasteiger partial charge is 0.296 e. The van der Waals surface area contributed by atoms with E-state index in [-0.39, 0.29) is 5.16 Å². The summed E-state index contributed by atoms with van der Waals surface area (Å²) in [5, 5.41) is 7.32. The highest BCUT2D eigenvalue weighted by Gasteiger charge is 2.23. The lowest BCUT2D eigenvalue weighted by Crippen LogP contribution is -2.07. The largest absolute Gasteiger partial charge is 0.297 e. The van der Waals surface area contributed by atoms with E-state index in [0.29, 0.717) is 17.9 Å². The molecule has 0 aliphatic carbocycles. The van der Waals surface area contributed by atoms with Gasteiger partial charge < -0.3 is 0 Å². The molecule has 0 spiro atoms. The van der Waals surface area contributed by atoms with Crippen molar-refractivity contribution in [3.63, 3.8) is 0 Å². The van der Waals surface area contributed by atoms with Crippen molar-refractivity contribution >= 4 is 35.7 Å². The first-order chi connectivity index (χ1) is 8.93. The summed E-state index contributed by atoms with van der Waals surface area (Å²) >= 11 is 3.31. The van der Waals surface area contributed by atoms with Crippen LogP contribution < -0.4 is 0 Å². The SMILES string of the molecule is CCCn1c(-c2cncc(Br)c2)nnc1S(=O)(=O)Cl. The molecular formula is C10H10BrClN4O2S. The minimum absolute atomic E-state index is 0.244. The zero-order chi connectivity index (χ0) is 14.0. The second-order valence-corrected chi connectivity index (χ2v) is 7.16. The first-order valence-electron chi connectivity index (χ1n) is 5.42. The van der Waals surface area contributed by atoms with E-state index in [1.54, 1.807) is 18.5 Å². The highest BCUT2D eigenvalue weighted by molar-refractivity contribution is 9.10. The van der Waals surface area contributed by atoms with Crippen LogP contribution in [0.25, 0.3) is 11.4 Å². The number of halogens is 2. The minimum Gasteiger partial charge on any atom is -0.297 e. The Bertz CT molecular complexity index is 701. The van der Waals surface area contributed by atoms with Crippen LogP contribution in [0.5, 0.6) is 0 Å². The third kappa shape index (κ3) is 3.13. The van der Waals surface area contributed by atoms with Crippen LogP contribution in [0.15, 0.2) is 28.1 Å². The average Bonchev–Trinajstić information content (AvgIpc) is 2.73. The molecule has 0 radical (unpaired) electrons. The van der Waals surface area contributed by atoms with Gasteiger partial charge in [-0.3, -0.25) is 9.55 Å². The Balaban J connectivity index is 2.62. The van der Waals surface area contributed by atoms with Crippen molar-refractivity contribution < 1.29 is 8.42 Å². The van der Waals surface area contributed by atoms with Gasteiger partial charge in [0.05, 0.1) is 0 Å². The lowest BCUT2D eigenvalue weighted by molar-refractivity contribution is 0.570. The molecular weight excluding hydrogens is 356 g/mol. The zero-order valence-electron chi connectivity index (χ0n) is 9.92. The molecule has 0 aromatic carbocycles. The highest BCUT2D eigenvalue weighted by Crippen LogP contribution is 2.24. The first kappa shape index (κ1) is 14.4. The quantitative estimate of drug-likeness (QED) is 0.778. The fourth-order valence-electron chi connectivity index (χ4n) is 1.64. The van der Waals surface area contributed by atoms with Crippen LogP contribution in [-0.2, 0) is 15.6 Å². The number of pyridine rings is 1. The molecule has 0 aliphatic heterocycles. The van der Waals surface area contributed by atoms with Crippen LogP contribution in [0.4, 0.5) is 0 Å². The summed E-state index contributed by atoms with van der Waals surface area (Å²) < 4.78 is 25.2. The molecule has 0 N–H and O–H groups in total. The van der Waals surface area contributed by atoms with E-state index in [9.17, 15) is 8.42 Å². The van der Waals surface area contributed by atoms with E-state index in [2.05, 4.69) is 31.1 Å². The van der Waals surface area contributed by atoms with Crippen LogP contribution in [0.3, 0.4) is 0 Å². The summed E-state index contributed by atoms with van der Waals surface area (Å²) in [4.78, 5) is 4.02. The van der Waals surface area contributed by atoms with Crippen LogP contribution in [0.1, 0.15) is 13.3 Å². The molecule has 19 heavy (non-hydrogen) atoms. The summed E-state index contributed by atoms with van der Waals surface area (Å²) in [6.07, 6.45) is 3.95. The molecule has 2 heterocycles. The van der Waals surface area contributed by atoms with Crippen molar-refractivity contribution in [2.24, 2.45) is 0 Å². The van der Waals surface area contributed by atoms with Crippen molar-refractivity contribution in [2.45, 2.75) is 25.0 Å². The number of nitrogens with zero attached hydrogens (tertiary/aromatic N) is 4. The molecule has 0 fully saturated rings. The van der Waals surface area contributed by atoms with E-state index in [1.807, 2.05) is 6.92 Å². The average molecular weight is 366 g/mol. The van der Waals surface area contributed by atoms with Crippen LogP contribution in [0, 0.1) is 0 Å². The Kier molecular flexibility index (Phi) is 4.22. The van der Waals surface area contributed by atoms with E-state index in [4.69, 9.17) is 10.7 Å². The van der Waals surface area contributed by atoms with Gasteiger partial charge in [-0.2, -0.15) is 0 Å². The highest BCUT2D eigenvalue weighted by atomic mass is 79.9. The molecule has 0 saturated carbocycles. The van der Waals surface area contributed by atoms with Crippen molar-refractivity contribution in [1.82, 2.24) is 19.7 Å². The van der Waals surface area contributed by atoms with Gasteiger partial charge in [0.1, 0.15) is 0 Å². The lowest BCUT2D eigenvalue weighted by atomic mass is 10.2. The number of hydrogen-bond acceptors (Lipinski definition) is 5. The van der Waals surface area contributed by atoms with Gasteiger partial charge in [0.15, 0.2) is 5.82 Å². The number of aromatic nitrogens is 4. The molecule has 0 saturated heterocycles. The topological polar surface area (TPSA) is 77.7 Å². The van der Waals surface area contributed by atoms with Gasteiger partial charge in [-0.15, -0.1) is 10.2 Å². The van der Waals surface area contributed by atoms with Crippen molar-refractivity contribution in [1.29, 1.82) is 0 Å². The monoisotopic (exact) mass is 364 g/mol. The van der Waals surface area contributed by atoms with Gasteiger partial charge in [0, 0.05) is 39.7 Å². The Hall–Kier alpha value is -0.990. The molecule has 0 bridgehead atoms. The van der Waals surface area contributed by atoms with Gasteiger partial charge in [-0.25, -0.2) is 8.42 Å². The second kappa shape index (κ2) is 5.56. The van der Waals surface area contributed by atoms with Crippen LogP contribution >= 0.6 is 26.6 Å². The zero-order valence-corrected chi connectivity index (χ0v) is 13.1. The molecule has 102 valence electrons. The van der Waals surface area contributed by atoms with Crippen LogP contribution in [0.2, 0.25) is 0 Å². The van der Waals surface area contributed by atoms with E-state index in [1.165, 1.54) is 4.57 Å². The first-order valence-corrected chi connectivity index (χ1v) is 8.52. The Morgan fingerprint density at radius 2 is 2.11 bits per heavy atom. The predicted octanol–water partition coefficient (Wildman–Crippen LogP) is 2.44.